The molecule has 3 heterocycles. The van der Waals surface area contributed by atoms with Crippen LogP contribution in [0.4, 0.5) is 10.1 Å². The Morgan fingerprint density at radius 2 is 1.68 bits per heavy atom. The van der Waals surface area contributed by atoms with Crippen molar-refractivity contribution >= 4 is 11.7 Å². The number of rotatable bonds is 12. The van der Waals surface area contributed by atoms with Gasteiger partial charge in [-0.3, -0.25) is 4.98 Å². The first-order valence-corrected chi connectivity index (χ1v) is 15.6. The van der Waals surface area contributed by atoms with Crippen LogP contribution < -0.4 is 9.64 Å². The molecule has 44 heavy (non-hydrogen) atoms. The van der Waals surface area contributed by atoms with Gasteiger partial charge in [-0.2, -0.15) is 0 Å². The van der Waals surface area contributed by atoms with Gasteiger partial charge in [-0.25, -0.2) is 19.2 Å². The van der Waals surface area contributed by atoms with Crippen LogP contribution in [0.2, 0.25) is 0 Å². The monoisotopic (exact) mass is 606 g/mol. The Hall–Kier alpha value is -3.59. The van der Waals surface area contributed by atoms with E-state index in [0.717, 1.165) is 42.7 Å². The summed E-state index contributed by atoms with van der Waals surface area (Å²) in [6, 6.07) is 6.39. The summed E-state index contributed by atoms with van der Waals surface area (Å²) in [5, 5.41) is 0. The lowest BCUT2D eigenvalue weighted by Gasteiger charge is -2.41. The largest absolute Gasteiger partial charge is 0.490 e. The van der Waals surface area contributed by atoms with Gasteiger partial charge in [0.15, 0.2) is 17.7 Å². The fraction of sp³-hybridized carbons (Fsp3) is 0.543. The zero-order chi connectivity index (χ0) is 32.1. The van der Waals surface area contributed by atoms with Crippen molar-refractivity contribution in [1.29, 1.82) is 0 Å². The second-order valence-corrected chi connectivity index (χ2v) is 13.2. The summed E-state index contributed by atoms with van der Waals surface area (Å²) in [5.74, 6) is 0.316. The van der Waals surface area contributed by atoms with Crippen molar-refractivity contribution in [1.82, 2.24) is 15.0 Å². The Labute approximate surface area is 261 Å². The molecule has 9 heteroatoms. The Balaban J connectivity index is 1.72. The van der Waals surface area contributed by atoms with Gasteiger partial charge in [0.2, 0.25) is 0 Å². The number of esters is 1. The van der Waals surface area contributed by atoms with Crippen molar-refractivity contribution in [3.05, 3.63) is 65.5 Å². The van der Waals surface area contributed by atoms with Crippen molar-refractivity contribution in [2.75, 3.05) is 24.6 Å². The second kappa shape index (κ2) is 14.0. The second-order valence-electron chi connectivity index (χ2n) is 13.2. The zero-order valence-corrected chi connectivity index (χ0v) is 27.4. The maximum Gasteiger partial charge on any atom is 0.340 e. The number of carbonyl (C=O) groups excluding carboxylic acids is 1. The number of aryl methyl sites for hydroxylation is 1. The van der Waals surface area contributed by atoms with Crippen molar-refractivity contribution in [3.63, 3.8) is 0 Å². The Kier molecular flexibility index (Phi) is 10.6. The lowest BCUT2D eigenvalue weighted by molar-refractivity contribution is -0.172. The lowest BCUT2D eigenvalue weighted by Crippen LogP contribution is -2.39. The first-order chi connectivity index (χ1) is 20.8. The number of benzene rings is 1. The Bertz CT molecular complexity index is 1400. The first-order valence-electron chi connectivity index (χ1n) is 15.6. The van der Waals surface area contributed by atoms with Crippen LogP contribution >= 0.6 is 0 Å². The number of anilines is 1. The number of aromatic nitrogens is 3. The van der Waals surface area contributed by atoms with Gasteiger partial charge in [0.05, 0.1) is 42.0 Å². The summed E-state index contributed by atoms with van der Waals surface area (Å²) in [4.78, 5) is 30.1. The highest BCUT2D eigenvalue weighted by Gasteiger charge is 2.38. The maximum absolute atomic E-state index is 13.7. The van der Waals surface area contributed by atoms with Gasteiger partial charge in [0.1, 0.15) is 5.82 Å². The molecule has 0 unspecified atom stereocenters. The van der Waals surface area contributed by atoms with Crippen LogP contribution in [0, 0.1) is 18.2 Å². The van der Waals surface area contributed by atoms with Gasteiger partial charge < -0.3 is 19.1 Å². The van der Waals surface area contributed by atoms with Gasteiger partial charge in [0.25, 0.3) is 0 Å². The van der Waals surface area contributed by atoms with E-state index in [1.54, 1.807) is 30.7 Å². The summed E-state index contributed by atoms with van der Waals surface area (Å²) in [7, 11) is 0. The average Bonchev–Trinajstić information content (AvgIpc) is 2.97. The predicted octanol–water partition coefficient (Wildman–Crippen LogP) is 7.43. The van der Waals surface area contributed by atoms with Crippen LogP contribution in [-0.4, -0.2) is 52.3 Å². The molecule has 1 saturated heterocycles. The highest BCUT2D eigenvalue weighted by atomic mass is 19.1. The van der Waals surface area contributed by atoms with E-state index in [-0.39, 0.29) is 17.3 Å². The third kappa shape index (κ3) is 8.52. The van der Waals surface area contributed by atoms with Crippen molar-refractivity contribution in [2.24, 2.45) is 5.41 Å². The summed E-state index contributed by atoms with van der Waals surface area (Å²) in [6.45, 7) is 18.2. The zero-order valence-electron chi connectivity index (χ0n) is 27.4. The lowest BCUT2D eigenvalue weighted by atomic mass is 9.82. The van der Waals surface area contributed by atoms with E-state index in [9.17, 15) is 9.18 Å². The van der Waals surface area contributed by atoms with Gasteiger partial charge in [0, 0.05) is 37.0 Å². The van der Waals surface area contributed by atoms with Crippen molar-refractivity contribution in [2.45, 2.75) is 98.9 Å². The quantitative estimate of drug-likeness (QED) is 0.197. The molecule has 0 N–H and O–H groups in total. The van der Waals surface area contributed by atoms with Crippen LogP contribution in [0.5, 0.6) is 5.75 Å². The van der Waals surface area contributed by atoms with E-state index in [0.29, 0.717) is 42.3 Å². The number of nitrogens with zero attached hydrogens (tertiary/aromatic N) is 4. The molecule has 1 fully saturated rings. The van der Waals surface area contributed by atoms with E-state index in [4.69, 9.17) is 19.2 Å². The molecule has 1 aliphatic heterocycles. The molecule has 1 aromatic carbocycles. The number of piperidine rings is 1. The fourth-order valence-electron chi connectivity index (χ4n) is 5.15. The molecule has 0 bridgehead atoms. The normalized spacial score (nSPS) is 15.7. The van der Waals surface area contributed by atoms with Crippen LogP contribution in [0.1, 0.15) is 90.7 Å². The predicted molar refractivity (Wildman–Crippen MR) is 170 cm³/mol. The van der Waals surface area contributed by atoms with Crippen LogP contribution in [0.3, 0.4) is 0 Å². The molecular formula is C35H47FN4O4. The SMILES string of the molecule is CCC(C)(C)O[C@H](C(=O)OC(C)C)c1c(C)ncc(-c2ncc(OCCc3ccc(F)cc3)cn2)c1N1CCC(C)(C)CC1. The minimum atomic E-state index is -0.973. The number of halogens is 1. The van der Waals surface area contributed by atoms with Gasteiger partial charge >= 0.3 is 5.97 Å². The van der Waals surface area contributed by atoms with Crippen LogP contribution in [0.15, 0.2) is 42.9 Å². The number of ether oxygens (including phenoxy) is 3. The number of carbonyl (C=O) groups is 1. The summed E-state index contributed by atoms with van der Waals surface area (Å²) in [5.41, 5.74) is 3.60. The van der Waals surface area contributed by atoms with E-state index >= 15 is 0 Å². The minimum absolute atomic E-state index is 0.221. The van der Waals surface area contributed by atoms with E-state index in [2.05, 4.69) is 28.7 Å². The Morgan fingerprint density at radius 3 is 2.27 bits per heavy atom. The maximum atomic E-state index is 13.7. The third-order valence-corrected chi connectivity index (χ3v) is 8.28. The summed E-state index contributed by atoms with van der Waals surface area (Å²) >= 11 is 0. The van der Waals surface area contributed by atoms with Crippen LogP contribution in [-0.2, 0) is 20.7 Å². The molecular weight excluding hydrogens is 559 g/mol. The van der Waals surface area contributed by atoms with Gasteiger partial charge in [-0.15, -0.1) is 0 Å². The summed E-state index contributed by atoms with van der Waals surface area (Å²) in [6.07, 6.45) is 7.15. The topological polar surface area (TPSA) is 86.7 Å². The highest BCUT2D eigenvalue weighted by molar-refractivity contribution is 5.85. The van der Waals surface area contributed by atoms with E-state index in [1.165, 1.54) is 12.1 Å². The van der Waals surface area contributed by atoms with E-state index in [1.807, 2.05) is 41.5 Å². The van der Waals surface area contributed by atoms with Crippen molar-refractivity contribution in [3.8, 4) is 17.1 Å². The molecule has 3 aromatic rings. The van der Waals surface area contributed by atoms with Gasteiger partial charge in [-0.05, 0) is 77.0 Å². The van der Waals surface area contributed by atoms with E-state index < -0.39 is 17.7 Å². The molecule has 8 nitrogen and oxygen atoms in total. The smallest absolute Gasteiger partial charge is 0.340 e. The fourth-order valence-corrected chi connectivity index (χ4v) is 5.15. The first kappa shape index (κ1) is 33.3. The van der Waals surface area contributed by atoms with Crippen molar-refractivity contribution < 1.29 is 23.4 Å². The molecule has 4 rings (SSSR count). The molecule has 0 saturated carbocycles. The highest BCUT2D eigenvalue weighted by Crippen LogP contribution is 2.43. The third-order valence-electron chi connectivity index (χ3n) is 8.28. The molecule has 1 aliphatic rings. The molecule has 238 valence electrons. The molecule has 0 amide bonds. The average molecular weight is 607 g/mol. The number of hydrogen-bond acceptors (Lipinski definition) is 8. The minimum Gasteiger partial charge on any atom is -0.490 e. The standard InChI is InChI=1S/C35H47FN4O4/c1-9-35(7,8)44-31(33(41)43-23(2)3)29-24(4)37-22-28(30(29)40-17-15-34(5,6)16-18-40)32-38-20-27(21-39-32)42-19-14-25-10-12-26(36)13-11-25/h10-13,20-23,31H,9,14-19H2,1-8H3/t31-/m0/s1. The molecule has 0 radical (unpaired) electrons. The number of hydrogen-bond donors (Lipinski definition) is 0. The molecule has 2 aromatic heterocycles. The Morgan fingerprint density at radius 1 is 1.05 bits per heavy atom. The number of pyridine rings is 1. The molecule has 1 atom stereocenters. The molecule has 0 spiro atoms. The van der Waals surface area contributed by atoms with Gasteiger partial charge in [-0.1, -0.05) is 32.9 Å². The summed E-state index contributed by atoms with van der Waals surface area (Å²) < 4.78 is 31.4. The van der Waals surface area contributed by atoms with Crippen LogP contribution in [0.25, 0.3) is 11.4 Å². The molecule has 0 aliphatic carbocycles.